The number of nitrogens with one attached hydrogen (secondary N) is 2. The first-order chi connectivity index (χ1) is 38.9. The lowest BCUT2D eigenvalue weighted by Gasteiger charge is -2.33. The van der Waals surface area contributed by atoms with E-state index in [1.807, 2.05) is 0 Å². The molecule has 0 aliphatic rings. The highest BCUT2D eigenvalue weighted by Crippen LogP contribution is 2.50. The molecule has 0 aromatic heterocycles. The predicted molar refractivity (Wildman–Crippen MR) is 338 cm³/mol. The molecule has 4 heteroatoms. The molecule has 0 bridgehead atoms. The van der Waals surface area contributed by atoms with Gasteiger partial charge in [-0.3, -0.25) is 0 Å². The van der Waals surface area contributed by atoms with Gasteiger partial charge in [-0.25, -0.2) is 0 Å². The van der Waals surface area contributed by atoms with Crippen LogP contribution in [0.25, 0.3) is 87.6 Å². The van der Waals surface area contributed by atoms with Crippen molar-refractivity contribution in [2.75, 3.05) is 0 Å². The Bertz CT molecular complexity index is 4110. The molecule has 0 aliphatic carbocycles. The summed E-state index contributed by atoms with van der Waals surface area (Å²) in [6.45, 7) is 18.3. The van der Waals surface area contributed by atoms with Crippen LogP contribution in [0.3, 0.4) is 0 Å². The lowest BCUT2D eigenvalue weighted by Crippen LogP contribution is -2.36. The second-order valence-electron chi connectivity index (χ2n) is 22.2. The zero-order valence-electron chi connectivity index (χ0n) is 47.1. The molecule has 0 spiro atoms. The van der Waals surface area contributed by atoms with Gasteiger partial charge in [0, 0.05) is 46.5 Å². The molecule has 12 aromatic rings. The fourth-order valence-electron chi connectivity index (χ4n) is 12.7. The molecule has 2 atom stereocenters. The van der Waals surface area contributed by atoms with Crippen molar-refractivity contribution in [3.8, 4) is 56.0 Å². The Labute approximate surface area is 471 Å². The summed E-state index contributed by atoms with van der Waals surface area (Å²) in [5.41, 5.74) is 21.8. The molecular formula is C76H68N2O2. The third-order valence-corrected chi connectivity index (χ3v) is 17.7. The van der Waals surface area contributed by atoms with Crippen LogP contribution in [-0.2, 0) is 13.1 Å². The first kappa shape index (κ1) is 51.9. The van der Waals surface area contributed by atoms with E-state index in [0.717, 1.165) is 110 Å². The fourth-order valence-corrected chi connectivity index (χ4v) is 12.7. The molecule has 0 amide bonds. The standard InChI is InChI=1S/C76H68N2O2/c1-45-21-17-33-59(49(45)5)67-39-37-53-25-9-13-29-63(53)69(67)71-65-31-15-11-27-55(65)41-57(75(71)79)43-77-73(61-35-19-23-47(3)51(61)7)74(62-36-20-24-48(4)52(62)8)78-44-58-42-56-28-12-16-32-66(56)72(76(58)80)70-64-30-14-10-26-54(64)38-40-68(70)60-34-18-22-46(2)50(60)6/h9-42,73-74,77-80H,43-44H2,1-8H3/t73-,74-/m1/s1. The minimum Gasteiger partial charge on any atom is -0.507 e. The number of rotatable bonds is 13. The monoisotopic (exact) mass is 1040 g/mol. The highest BCUT2D eigenvalue weighted by Gasteiger charge is 2.30. The van der Waals surface area contributed by atoms with E-state index in [-0.39, 0.29) is 23.6 Å². The van der Waals surface area contributed by atoms with Crippen LogP contribution in [0.15, 0.2) is 206 Å². The normalized spacial score (nSPS) is 12.4. The molecule has 0 saturated carbocycles. The number of phenols is 2. The zero-order chi connectivity index (χ0) is 55.3. The first-order valence-corrected chi connectivity index (χ1v) is 28.1. The molecule has 0 fully saturated rings. The molecule has 0 aliphatic heterocycles. The van der Waals surface area contributed by atoms with Crippen molar-refractivity contribution in [2.24, 2.45) is 0 Å². The van der Waals surface area contributed by atoms with E-state index in [4.69, 9.17) is 0 Å². The van der Waals surface area contributed by atoms with Gasteiger partial charge in [0.1, 0.15) is 11.5 Å². The molecule has 0 heterocycles. The van der Waals surface area contributed by atoms with Gasteiger partial charge in [-0.1, -0.05) is 194 Å². The zero-order valence-corrected chi connectivity index (χ0v) is 47.1. The van der Waals surface area contributed by atoms with E-state index in [1.54, 1.807) is 0 Å². The molecule has 12 aromatic carbocycles. The highest BCUT2D eigenvalue weighted by molar-refractivity contribution is 6.14. The molecule has 394 valence electrons. The summed E-state index contributed by atoms with van der Waals surface area (Å²) in [6, 6.07) is 72.9. The van der Waals surface area contributed by atoms with Gasteiger partial charge in [0.15, 0.2) is 0 Å². The summed E-state index contributed by atoms with van der Waals surface area (Å²) in [7, 11) is 0. The maximum Gasteiger partial charge on any atom is 0.128 e. The van der Waals surface area contributed by atoms with Crippen LogP contribution >= 0.6 is 0 Å². The van der Waals surface area contributed by atoms with Crippen molar-refractivity contribution in [3.63, 3.8) is 0 Å². The maximum atomic E-state index is 13.2. The average molecular weight is 1040 g/mol. The molecule has 0 saturated heterocycles. The minimum absolute atomic E-state index is 0.261. The van der Waals surface area contributed by atoms with Crippen LogP contribution in [0, 0.1) is 55.4 Å². The van der Waals surface area contributed by atoms with Gasteiger partial charge in [-0.15, -0.1) is 0 Å². The Morgan fingerprint density at radius 1 is 0.300 bits per heavy atom. The third-order valence-electron chi connectivity index (χ3n) is 17.7. The Morgan fingerprint density at radius 3 is 1.01 bits per heavy atom. The van der Waals surface area contributed by atoms with Crippen molar-refractivity contribution >= 4 is 43.1 Å². The molecule has 0 radical (unpaired) electrons. The maximum absolute atomic E-state index is 13.2. The van der Waals surface area contributed by atoms with Crippen LogP contribution in [0.1, 0.15) is 78.8 Å². The molecular weight excluding hydrogens is 973 g/mol. The number of benzene rings is 12. The molecule has 12 rings (SSSR count). The Hall–Kier alpha value is -8.80. The quantitative estimate of drug-likeness (QED) is 0.0929. The lowest BCUT2D eigenvalue weighted by molar-refractivity contribution is 0.371. The number of hydrogen-bond donors (Lipinski definition) is 4. The average Bonchev–Trinajstić information content (AvgIpc) is 3.57. The van der Waals surface area contributed by atoms with Crippen molar-refractivity contribution in [3.05, 3.63) is 273 Å². The van der Waals surface area contributed by atoms with Crippen LogP contribution < -0.4 is 10.6 Å². The van der Waals surface area contributed by atoms with E-state index in [2.05, 4.69) is 272 Å². The van der Waals surface area contributed by atoms with Gasteiger partial charge >= 0.3 is 0 Å². The number of phenolic OH excluding ortho intramolecular Hbond substituents is 2. The second-order valence-corrected chi connectivity index (χ2v) is 22.2. The van der Waals surface area contributed by atoms with E-state index in [9.17, 15) is 10.2 Å². The summed E-state index contributed by atoms with van der Waals surface area (Å²) < 4.78 is 0. The van der Waals surface area contributed by atoms with Gasteiger partial charge in [0.05, 0.1) is 12.1 Å². The van der Waals surface area contributed by atoms with E-state index in [1.165, 1.54) is 44.5 Å². The Kier molecular flexibility index (Phi) is 13.9. The van der Waals surface area contributed by atoms with Crippen LogP contribution in [0.2, 0.25) is 0 Å². The third kappa shape index (κ3) is 9.18. The van der Waals surface area contributed by atoms with E-state index in [0.29, 0.717) is 13.1 Å². The summed E-state index contributed by atoms with van der Waals surface area (Å²) in [6.07, 6.45) is 0. The van der Waals surface area contributed by atoms with Gasteiger partial charge in [-0.2, -0.15) is 0 Å². The Morgan fingerprint density at radius 2 is 0.625 bits per heavy atom. The lowest BCUT2D eigenvalue weighted by atomic mass is 9.84. The number of fused-ring (bicyclic) bond motifs is 4. The van der Waals surface area contributed by atoms with Gasteiger partial charge in [0.25, 0.3) is 0 Å². The SMILES string of the molecule is Cc1cccc(-c2ccc3ccccc3c2-c2c(O)c(CN[C@H](c3cccc(C)c3C)[C@H](NCc3cc4ccccc4c(-c4c(-c5cccc(C)c5C)ccc5ccccc45)c3O)c3cccc(C)c3C)cc3ccccc23)c1C. The molecule has 4 N–H and O–H groups in total. The predicted octanol–water partition coefficient (Wildman–Crippen LogP) is 19.2. The summed E-state index contributed by atoms with van der Waals surface area (Å²) in [5, 5.41) is 43.2. The summed E-state index contributed by atoms with van der Waals surface area (Å²) >= 11 is 0. The number of aryl methyl sites for hydroxylation is 4. The number of hydrogen-bond acceptors (Lipinski definition) is 4. The van der Waals surface area contributed by atoms with Crippen molar-refractivity contribution in [2.45, 2.75) is 80.6 Å². The van der Waals surface area contributed by atoms with Crippen LogP contribution in [0.4, 0.5) is 0 Å². The second kappa shape index (κ2) is 21.4. The molecule has 0 unspecified atom stereocenters. The van der Waals surface area contributed by atoms with Crippen LogP contribution in [-0.4, -0.2) is 10.2 Å². The smallest absolute Gasteiger partial charge is 0.128 e. The van der Waals surface area contributed by atoms with Gasteiger partial charge in [0.2, 0.25) is 0 Å². The van der Waals surface area contributed by atoms with E-state index >= 15 is 0 Å². The molecule has 4 nitrogen and oxygen atoms in total. The fraction of sp³-hybridized carbons (Fsp3) is 0.158. The van der Waals surface area contributed by atoms with E-state index < -0.39 is 0 Å². The van der Waals surface area contributed by atoms with Crippen molar-refractivity contribution < 1.29 is 10.2 Å². The number of aromatic hydroxyl groups is 2. The topological polar surface area (TPSA) is 64.5 Å². The Balaban J connectivity index is 1.02. The van der Waals surface area contributed by atoms with Crippen molar-refractivity contribution in [1.82, 2.24) is 10.6 Å². The highest BCUT2D eigenvalue weighted by atomic mass is 16.3. The largest absolute Gasteiger partial charge is 0.507 e. The van der Waals surface area contributed by atoms with Gasteiger partial charge < -0.3 is 20.8 Å². The molecule has 80 heavy (non-hydrogen) atoms. The minimum atomic E-state index is -0.302. The van der Waals surface area contributed by atoms with Gasteiger partial charge in [-0.05, 0) is 189 Å². The van der Waals surface area contributed by atoms with Crippen LogP contribution in [0.5, 0.6) is 11.5 Å². The first-order valence-electron chi connectivity index (χ1n) is 28.1. The van der Waals surface area contributed by atoms with Crippen molar-refractivity contribution in [1.29, 1.82) is 0 Å². The summed E-state index contributed by atoms with van der Waals surface area (Å²) in [4.78, 5) is 0. The summed E-state index contributed by atoms with van der Waals surface area (Å²) in [5.74, 6) is 0.523.